The van der Waals surface area contributed by atoms with Crippen molar-refractivity contribution < 1.29 is 23.6 Å². The smallest absolute Gasteiger partial charge is 0.320 e. The Kier molecular flexibility index (Phi) is 9.13. The van der Waals surface area contributed by atoms with Crippen molar-refractivity contribution in [3.63, 3.8) is 0 Å². The summed E-state index contributed by atoms with van der Waals surface area (Å²) in [5.41, 5.74) is 2.29. The van der Waals surface area contributed by atoms with Gasteiger partial charge in [-0.1, -0.05) is 18.2 Å². The number of para-hydroxylation sites is 1. The lowest BCUT2D eigenvalue weighted by Gasteiger charge is -2.19. The lowest BCUT2D eigenvalue weighted by Crippen LogP contribution is -2.42. The van der Waals surface area contributed by atoms with Gasteiger partial charge < -0.3 is 19.9 Å². The maximum absolute atomic E-state index is 14.0. The number of rotatable bonds is 9. The summed E-state index contributed by atoms with van der Waals surface area (Å²) in [7, 11) is 4.58. The highest BCUT2D eigenvalue weighted by molar-refractivity contribution is 5.95. The van der Waals surface area contributed by atoms with E-state index in [1.807, 2.05) is 30.3 Å². The van der Waals surface area contributed by atoms with Crippen molar-refractivity contribution in [3.05, 3.63) is 93.9 Å². The minimum absolute atomic E-state index is 0.0359. The van der Waals surface area contributed by atoms with Gasteiger partial charge >= 0.3 is 6.03 Å². The van der Waals surface area contributed by atoms with E-state index in [0.29, 0.717) is 53.6 Å². The molecule has 1 aliphatic heterocycles. The number of anilines is 1. The first kappa shape index (κ1) is 30.5. The number of carbonyl (C=O) groups excluding carboxylic acids is 2. The summed E-state index contributed by atoms with van der Waals surface area (Å²) in [6.45, 7) is 2.96. The van der Waals surface area contributed by atoms with Crippen LogP contribution < -0.4 is 21.5 Å². The zero-order valence-electron chi connectivity index (χ0n) is 24.7. The largest absolute Gasteiger partial charge is 0.383 e. The maximum Gasteiger partial charge on any atom is 0.320 e. The molecule has 3 aromatic heterocycles. The van der Waals surface area contributed by atoms with Crippen LogP contribution in [0.3, 0.4) is 0 Å². The van der Waals surface area contributed by atoms with Gasteiger partial charge in [0, 0.05) is 57.8 Å². The minimum Gasteiger partial charge on any atom is -0.383 e. The Morgan fingerprint density at radius 3 is 2.66 bits per heavy atom. The molecule has 3 N–H and O–H groups in total. The van der Waals surface area contributed by atoms with Crippen molar-refractivity contribution in [1.82, 2.24) is 35.0 Å². The number of hydrogen-bond donors (Lipinski definition) is 3. The van der Waals surface area contributed by atoms with Crippen LogP contribution in [0.15, 0.2) is 65.7 Å². The highest BCUT2D eigenvalue weighted by atomic mass is 19.1. The molecule has 1 aliphatic rings. The van der Waals surface area contributed by atoms with E-state index in [1.165, 1.54) is 29.9 Å². The maximum atomic E-state index is 14.0. The number of pyridine rings is 2. The van der Waals surface area contributed by atoms with Crippen LogP contribution in [-0.2, 0) is 16.6 Å². The number of amides is 3. The monoisotopic (exact) mass is 604 g/mol. The molecular formula is C30H33FN8O5. The van der Waals surface area contributed by atoms with Gasteiger partial charge in [0.2, 0.25) is 5.95 Å². The van der Waals surface area contributed by atoms with E-state index in [4.69, 9.17) is 14.7 Å². The van der Waals surface area contributed by atoms with E-state index < -0.39 is 35.6 Å². The van der Waals surface area contributed by atoms with Crippen molar-refractivity contribution in [3.8, 4) is 16.9 Å². The molecule has 2 atom stereocenters. The third kappa shape index (κ3) is 6.37. The summed E-state index contributed by atoms with van der Waals surface area (Å²) in [4.78, 5) is 48.3. The van der Waals surface area contributed by atoms with Gasteiger partial charge in [0.25, 0.3) is 11.5 Å². The third-order valence-corrected chi connectivity index (χ3v) is 7.25. The first-order valence-electron chi connectivity index (χ1n) is 13.9. The highest BCUT2D eigenvalue weighted by Gasteiger charge is 2.37. The van der Waals surface area contributed by atoms with Gasteiger partial charge in [-0.2, -0.15) is 14.6 Å². The summed E-state index contributed by atoms with van der Waals surface area (Å²) in [5.74, 6) is -0.800. The van der Waals surface area contributed by atoms with E-state index in [-0.39, 0.29) is 5.56 Å². The molecule has 44 heavy (non-hydrogen) atoms. The van der Waals surface area contributed by atoms with Crippen LogP contribution in [0, 0.1) is 12.9 Å². The molecule has 0 saturated carbocycles. The normalized spacial score (nSPS) is 16.6. The molecule has 0 aliphatic carbocycles. The van der Waals surface area contributed by atoms with Gasteiger partial charge in [0.05, 0.1) is 24.0 Å². The first-order valence-corrected chi connectivity index (χ1v) is 13.9. The van der Waals surface area contributed by atoms with Crippen LogP contribution in [-0.4, -0.2) is 76.2 Å². The summed E-state index contributed by atoms with van der Waals surface area (Å²) >= 11 is 0. The number of methoxy groups -OCH3 is 1. The van der Waals surface area contributed by atoms with Crippen LogP contribution in [0.1, 0.15) is 27.6 Å². The van der Waals surface area contributed by atoms with Crippen LogP contribution in [0.25, 0.3) is 16.9 Å². The predicted octanol–water partition coefficient (Wildman–Crippen LogP) is 2.57. The number of hydroxylamine groups is 2. The second-order valence-electron chi connectivity index (χ2n) is 10.2. The summed E-state index contributed by atoms with van der Waals surface area (Å²) in [6.07, 6.45) is 2.27. The Morgan fingerprint density at radius 2 is 1.95 bits per heavy atom. The molecule has 4 aromatic rings. The fraction of sp³-hybridized carbons (Fsp3) is 0.300. The Labute approximate surface area is 252 Å². The molecular weight excluding hydrogens is 571 g/mol. The van der Waals surface area contributed by atoms with Crippen molar-refractivity contribution in [2.24, 2.45) is 7.05 Å². The summed E-state index contributed by atoms with van der Waals surface area (Å²) in [6, 6.07) is 12.5. The number of halogens is 1. The average molecular weight is 605 g/mol. The van der Waals surface area contributed by atoms with Gasteiger partial charge in [-0.15, -0.1) is 0 Å². The number of urea groups is 1. The number of benzene rings is 1. The van der Waals surface area contributed by atoms with E-state index in [2.05, 4.69) is 20.9 Å². The predicted molar refractivity (Wildman–Crippen MR) is 160 cm³/mol. The van der Waals surface area contributed by atoms with Crippen molar-refractivity contribution in [2.75, 3.05) is 39.2 Å². The quantitative estimate of drug-likeness (QED) is 0.247. The highest BCUT2D eigenvalue weighted by Crippen LogP contribution is 2.32. The molecule has 13 nitrogen and oxygen atoms in total. The van der Waals surface area contributed by atoms with Crippen LogP contribution >= 0.6 is 0 Å². The molecule has 4 heterocycles. The second-order valence-corrected chi connectivity index (χ2v) is 10.2. The Hall–Kier alpha value is -4.92. The molecule has 5 rings (SSSR count). The van der Waals surface area contributed by atoms with E-state index in [0.717, 1.165) is 0 Å². The molecule has 1 fully saturated rings. The summed E-state index contributed by atoms with van der Waals surface area (Å²) in [5, 5.41) is 14.8. The topological polar surface area (TPSA) is 145 Å². The zero-order valence-corrected chi connectivity index (χ0v) is 24.7. The number of hydrogen-bond acceptors (Lipinski definition) is 8. The number of nitrogens with one attached hydrogen (secondary N) is 3. The van der Waals surface area contributed by atoms with Crippen LogP contribution in [0.5, 0.6) is 0 Å². The minimum atomic E-state index is -0.667. The average Bonchev–Trinajstić information content (AvgIpc) is 3.57. The molecule has 1 saturated heterocycles. The zero-order chi connectivity index (χ0) is 31.4. The lowest BCUT2D eigenvalue weighted by atomic mass is 10.0. The number of aryl methyl sites for hydroxylation is 1. The van der Waals surface area contributed by atoms with Crippen molar-refractivity contribution in [2.45, 2.75) is 19.1 Å². The van der Waals surface area contributed by atoms with E-state index in [1.54, 1.807) is 43.1 Å². The van der Waals surface area contributed by atoms with Crippen molar-refractivity contribution >= 4 is 17.8 Å². The number of ether oxygens (including phenoxy) is 1. The SMILES string of the molecule is CNC(=O)c1cc(-c2nn(-c3ccccc3)c(NC(=O)N[C@@H]3CN(CCOC)O[C@H]3c3ccnc(F)c3)c2C)cn(C)c1=O. The molecule has 1 aromatic carbocycles. The fourth-order valence-corrected chi connectivity index (χ4v) is 5.06. The van der Waals surface area contributed by atoms with E-state index in [9.17, 15) is 18.8 Å². The van der Waals surface area contributed by atoms with Gasteiger partial charge in [-0.3, -0.25) is 19.7 Å². The molecule has 0 spiro atoms. The standard InChI is InChI=1S/C30H33FN8O5/c1-18-25(20-14-22(28(40)32-2)29(41)37(3)16-20)36-39(21-8-6-5-7-9-21)27(18)35-30(42)34-23-17-38(12-13-43-4)44-26(23)19-10-11-33-24(31)15-19/h5-11,14-16,23,26H,12-13,17H2,1-4H3,(H,32,40)(H2,34,35,42)/t23-,26+/m1/s1. The molecule has 14 heteroatoms. The Morgan fingerprint density at radius 1 is 1.18 bits per heavy atom. The van der Waals surface area contributed by atoms with Gasteiger partial charge in [0.1, 0.15) is 17.5 Å². The Bertz CT molecular complexity index is 1720. The first-order chi connectivity index (χ1) is 21.2. The van der Waals surface area contributed by atoms with Gasteiger partial charge in [-0.05, 0) is 42.8 Å². The summed E-state index contributed by atoms with van der Waals surface area (Å²) < 4.78 is 22.0. The third-order valence-electron chi connectivity index (χ3n) is 7.25. The van der Waals surface area contributed by atoms with Gasteiger partial charge in [-0.25, -0.2) is 14.5 Å². The molecule has 3 amide bonds. The second kappa shape index (κ2) is 13.2. The number of carbonyl (C=O) groups is 2. The molecule has 0 unspecified atom stereocenters. The number of nitrogens with zero attached hydrogens (tertiary/aromatic N) is 5. The fourth-order valence-electron chi connectivity index (χ4n) is 5.06. The molecule has 0 radical (unpaired) electrons. The van der Waals surface area contributed by atoms with Crippen molar-refractivity contribution in [1.29, 1.82) is 0 Å². The van der Waals surface area contributed by atoms with Gasteiger partial charge in [0.15, 0.2) is 0 Å². The molecule has 0 bridgehead atoms. The van der Waals surface area contributed by atoms with Crippen LogP contribution in [0.2, 0.25) is 0 Å². The van der Waals surface area contributed by atoms with Crippen LogP contribution in [0.4, 0.5) is 15.0 Å². The van der Waals surface area contributed by atoms with E-state index >= 15 is 0 Å². The Balaban J connectivity index is 1.48. The number of aromatic nitrogens is 4. The molecule has 230 valence electrons. The lowest BCUT2D eigenvalue weighted by molar-refractivity contribution is -0.154.